The van der Waals surface area contributed by atoms with Crippen LogP contribution >= 0.6 is 12.6 Å². The molecule has 0 aromatic heterocycles. The monoisotopic (exact) mass is 288 g/mol. The maximum absolute atomic E-state index is 11.7. The quantitative estimate of drug-likeness (QED) is 0.654. The van der Waals surface area contributed by atoms with E-state index in [1.807, 2.05) is 30.3 Å². The maximum Gasteiger partial charge on any atom is 0.319 e. The molecule has 4 nitrogen and oxygen atoms in total. The Morgan fingerprint density at radius 1 is 1.10 bits per heavy atom. The Bertz CT molecular complexity index is 585. The molecule has 2 aromatic rings. The summed E-state index contributed by atoms with van der Waals surface area (Å²) in [6.07, 6.45) is 0.705. The summed E-state index contributed by atoms with van der Waals surface area (Å²) < 4.78 is 0. The Hall–Kier alpha value is -2.14. The van der Waals surface area contributed by atoms with Crippen molar-refractivity contribution in [3.8, 4) is 5.75 Å². The highest BCUT2D eigenvalue weighted by atomic mass is 32.1. The zero-order chi connectivity index (χ0) is 14.4. The van der Waals surface area contributed by atoms with E-state index in [-0.39, 0.29) is 11.8 Å². The van der Waals surface area contributed by atoms with Crippen LogP contribution in [-0.2, 0) is 6.42 Å². The van der Waals surface area contributed by atoms with Crippen molar-refractivity contribution in [2.24, 2.45) is 0 Å². The van der Waals surface area contributed by atoms with Gasteiger partial charge in [-0.25, -0.2) is 4.79 Å². The predicted octanol–water partition coefficient (Wildman–Crippen LogP) is 3.05. The van der Waals surface area contributed by atoms with E-state index in [1.54, 1.807) is 18.2 Å². The Kier molecular flexibility index (Phi) is 4.90. The fourth-order valence-electron chi connectivity index (χ4n) is 1.73. The molecule has 0 spiro atoms. The molecule has 104 valence electrons. The van der Waals surface area contributed by atoms with Gasteiger partial charge in [0.2, 0.25) is 0 Å². The third-order valence-corrected chi connectivity index (χ3v) is 3.18. The van der Waals surface area contributed by atoms with E-state index >= 15 is 0 Å². The number of carbonyl (C=O) groups is 1. The molecule has 0 aliphatic heterocycles. The maximum atomic E-state index is 11.7. The molecule has 0 fully saturated rings. The Morgan fingerprint density at radius 2 is 1.80 bits per heavy atom. The summed E-state index contributed by atoms with van der Waals surface area (Å²) in [5.74, 6) is 0.241. The second-order valence-corrected chi connectivity index (χ2v) is 4.80. The normalized spacial score (nSPS) is 10.1. The molecule has 5 heteroatoms. The summed E-state index contributed by atoms with van der Waals surface area (Å²) in [6, 6.07) is 14.0. The van der Waals surface area contributed by atoms with Gasteiger partial charge in [-0.2, -0.15) is 0 Å². The van der Waals surface area contributed by atoms with Crippen LogP contribution in [0.2, 0.25) is 0 Å². The average Bonchev–Trinajstić information content (AvgIpc) is 2.44. The molecule has 0 saturated carbocycles. The SMILES string of the molecule is O=C(NCCc1ccc(O)cc1)Nc1ccccc1S. The minimum absolute atomic E-state index is 0.241. The topological polar surface area (TPSA) is 61.4 Å². The van der Waals surface area contributed by atoms with Crippen LogP contribution in [0, 0.1) is 0 Å². The number of hydrogen-bond acceptors (Lipinski definition) is 3. The lowest BCUT2D eigenvalue weighted by Crippen LogP contribution is -2.30. The molecule has 0 aliphatic carbocycles. The molecule has 0 radical (unpaired) electrons. The first-order chi connectivity index (χ1) is 9.65. The van der Waals surface area contributed by atoms with Gasteiger partial charge in [0, 0.05) is 11.4 Å². The molecule has 0 bridgehead atoms. The standard InChI is InChI=1S/C15H16N2O2S/c18-12-7-5-11(6-8-12)9-10-16-15(19)17-13-3-1-2-4-14(13)20/h1-8,18,20H,9-10H2,(H2,16,17,19). The van der Waals surface area contributed by atoms with Crippen LogP contribution in [0.1, 0.15) is 5.56 Å². The first-order valence-electron chi connectivity index (χ1n) is 6.26. The molecule has 0 aliphatic rings. The van der Waals surface area contributed by atoms with Gasteiger partial charge in [-0.1, -0.05) is 24.3 Å². The number of phenols is 1. The number of rotatable bonds is 4. The molecule has 0 atom stereocenters. The lowest BCUT2D eigenvalue weighted by Gasteiger charge is -2.09. The molecule has 2 amide bonds. The number of urea groups is 1. The zero-order valence-electron chi connectivity index (χ0n) is 10.8. The summed E-state index contributed by atoms with van der Waals surface area (Å²) in [4.78, 5) is 12.4. The van der Waals surface area contributed by atoms with E-state index < -0.39 is 0 Å². The van der Waals surface area contributed by atoms with Crippen molar-refractivity contribution >= 4 is 24.3 Å². The van der Waals surface area contributed by atoms with Crippen molar-refractivity contribution in [3.05, 3.63) is 54.1 Å². The van der Waals surface area contributed by atoms with Gasteiger partial charge in [-0.15, -0.1) is 12.6 Å². The minimum atomic E-state index is -0.259. The van der Waals surface area contributed by atoms with Gasteiger partial charge in [0.05, 0.1) is 5.69 Å². The predicted molar refractivity (Wildman–Crippen MR) is 82.5 cm³/mol. The summed E-state index contributed by atoms with van der Waals surface area (Å²) >= 11 is 4.26. The summed E-state index contributed by atoms with van der Waals surface area (Å²) in [6.45, 7) is 0.519. The molecular formula is C15H16N2O2S. The second kappa shape index (κ2) is 6.86. The van der Waals surface area contributed by atoms with E-state index in [9.17, 15) is 9.90 Å². The zero-order valence-corrected chi connectivity index (χ0v) is 11.7. The third-order valence-electron chi connectivity index (χ3n) is 2.79. The highest BCUT2D eigenvalue weighted by Gasteiger charge is 2.03. The molecule has 0 unspecified atom stereocenters. The number of para-hydroxylation sites is 1. The number of thiol groups is 1. The number of amides is 2. The van der Waals surface area contributed by atoms with E-state index in [0.29, 0.717) is 18.7 Å². The van der Waals surface area contributed by atoms with Gasteiger partial charge in [-0.3, -0.25) is 0 Å². The van der Waals surface area contributed by atoms with Gasteiger partial charge in [0.1, 0.15) is 5.75 Å². The van der Waals surface area contributed by atoms with Crippen LogP contribution in [0.15, 0.2) is 53.4 Å². The number of hydrogen-bond donors (Lipinski definition) is 4. The van der Waals surface area contributed by atoms with Crippen LogP contribution in [0.3, 0.4) is 0 Å². The largest absolute Gasteiger partial charge is 0.508 e. The number of carbonyl (C=O) groups excluding carboxylic acids is 1. The molecule has 2 rings (SSSR count). The molecule has 2 aromatic carbocycles. The molecule has 0 heterocycles. The van der Waals surface area contributed by atoms with E-state index in [2.05, 4.69) is 23.3 Å². The van der Waals surface area contributed by atoms with E-state index in [4.69, 9.17) is 0 Å². The van der Waals surface area contributed by atoms with Gasteiger partial charge >= 0.3 is 6.03 Å². The molecule has 20 heavy (non-hydrogen) atoms. The van der Waals surface area contributed by atoms with Crippen LogP contribution in [0.25, 0.3) is 0 Å². The molecular weight excluding hydrogens is 272 g/mol. The van der Waals surface area contributed by atoms with Gasteiger partial charge in [0.15, 0.2) is 0 Å². The summed E-state index contributed by atoms with van der Waals surface area (Å²) in [5, 5.41) is 14.7. The van der Waals surface area contributed by atoms with Crippen LogP contribution in [0.5, 0.6) is 5.75 Å². The van der Waals surface area contributed by atoms with Gasteiger partial charge in [-0.05, 0) is 36.2 Å². The van der Waals surface area contributed by atoms with Crippen LogP contribution in [0.4, 0.5) is 10.5 Å². The van der Waals surface area contributed by atoms with Crippen LogP contribution in [-0.4, -0.2) is 17.7 Å². The van der Waals surface area contributed by atoms with E-state index in [1.165, 1.54) is 0 Å². The summed E-state index contributed by atoms with van der Waals surface area (Å²) in [5.41, 5.74) is 1.73. The van der Waals surface area contributed by atoms with Crippen molar-refractivity contribution in [3.63, 3.8) is 0 Å². The number of phenolic OH excluding ortho intramolecular Hbond substituents is 1. The van der Waals surface area contributed by atoms with E-state index in [0.717, 1.165) is 10.5 Å². The lowest BCUT2D eigenvalue weighted by molar-refractivity contribution is 0.252. The highest BCUT2D eigenvalue weighted by Crippen LogP contribution is 2.18. The Labute approximate surface area is 123 Å². The Balaban J connectivity index is 1.78. The van der Waals surface area contributed by atoms with Crippen molar-refractivity contribution in [2.45, 2.75) is 11.3 Å². The molecule has 3 N–H and O–H groups in total. The smallest absolute Gasteiger partial charge is 0.319 e. The van der Waals surface area contributed by atoms with Crippen molar-refractivity contribution in [1.29, 1.82) is 0 Å². The van der Waals surface area contributed by atoms with Gasteiger partial charge in [0.25, 0.3) is 0 Å². The number of nitrogens with one attached hydrogen (secondary N) is 2. The fourth-order valence-corrected chi connectivity index (χ4v) is 1.95. The first-order valence-corrected chi connectivity index (χ1v) is 6.70. The number of benzene rings is 2. The van der Waals surface area contributed by atoms with Gasteiger partial charge < -0.3 is 15.7 Å². The number of anilines is 1. The van der Waals surface area contributed by atoms with Crippen molar-refractivity contribution in [1.82, 2.24) is 5.32 Å². The van der Waals surface area contributed by atoms with Crippen molar-refractivity contribution in [2.75, 3.05) is 11.9 Å². The number of aromatic hydroxyl groups is 1. The molecule has 0 saturated heterocycles. The average molecular weight is 288 g/mol. The van der Waals surface area contributed by atoms with Crippen molar-refractivity contribution < 1.29 is 9.90 Å². The lowest BCUT2D eigenvalue weighted by atomic mass is 10.1. The van der Waals surface area contributed by atoms with Crippen LogP contribution < -0.4 is 10.6 Å². The minimum Gasteiger partial charge on any atom is -0.508 e. The second-order valence-electron chi connectivity index (χ2n) is 4.31. The Morgan fingerprint density at radius 3 is 2.50 bits per heavy atom. The summed E-state index contributed by atoms with van der Waals surface area (Å²) in [7, 11) is 0. The fraction of sp³-hybridized carbons (Fsp3) is 0.133. The highest BCUT2D eigenvalue weighted by molar-refractivity contribution is 7.80. The third kappa shape index (κ3) is 4.20. The first kappa shape index (κ1) is 14.3.